The molecule has 4 nitrogen and oxygen atoms in total. The van der Waals surface area contributed by atoms with Crippen LogP contribution in [0.3, 0.4) is 0 Å². The topological polar surface area (TPSA) is 54.6 Å². The van der Waals surface area contributed by atoms with E-state index in [9.17, 15) is 9.90 Å². The van der Waals surface area contributed by atoms with Gasteiger partial charge in [0.05, 0.1) is 16.3 Å². The summed E-state index contributed by atoms with van der Waals surface area (Å²) in [5.41, 5.74) is 6.45. The fraction of sp³-hybridized carbons (Fsp3) is 0.111. The van der Waals surface area contributed by atoms with E-state index in [1.165, 1.54) is 22.5 Å². The van der Waals surface area contributed by atoms with Crippen LogP contribution in [0.4, 0.5) is 0 Å². The van der Waals surface area contributed by atoms with Crippen molar-refractivity contribution >= 4 is 39.0 Å². The number of aryl methyl sites for hydroxylation is 1. The first-order valence-corrected chi connectivity index (χ1v) is 12.4. The first kappa shape index (κ1) is 20.4. The average molecular weight is 515 g/mol. The third-order valence-electron chi connectivity index (χ3n) is 6.23. The van der Waals surface area contributed by atoms with Crippen LogP contribution in [0.1, 0.15) is 34.7 Å². The summed E-state index contributed by atoms with van der Waals surface area (Å²) in [6.07, 6.45) is 3.64. The molecular weight excluding hydrogens is 496 g/mol. The fourth-order valence-electron chi connectivity index (χ4n) is 4.73. The Morgan fingerprint density at radius 1 is 1.03 bits per heavy atom. The van der Waals surface area contributed by atoms with Gasteiger partial charge in [-0.3, -0.25) is 9.36 Å². The number of benzene rings is 3. The minimum atomic E-state index is -0.191. The van der Waals surface area contributed by atoms with Gasteiger partial charge in [0, 0.05) is 10.0 Å². The summed E-state index contributed by atoms with van der Waals surface area (Å²) in [7, 11) is 0. The van der Waals surface area contributed by atoms with Gasteiger partial charge in [-0.15, -0.1) is 0 Å². The van der Waals surface area contributed by atoms with Gasteiger partial charge in [-0.05, 0) is 65.4 Å². The van der Waals surface area contributed by atoms with Crippen molar-refractivity contribution in [1.82, 2.24) is 4.57 Å². The lowest BCUT2D eigenvalue weighted by atomic mass is 9.83. The Hall–Kier alpha value is -3.22. The van der Waals surface area contributed by atoms with Crippen molar-refractivity contribution in [1.29, 1.82) is 0 Å². The summed E-state index contributed by atoms with van der Waals surface area (Å²) >= 11 is 4.93. The van der Waals surface area contributed by atoms with E-state index in [4.69, 9.17) is 4.99 Å². The molecule has 0 radical (unpaired) electrons. The number of aromatic hydroxyl groups is 1. The standard InChI is InChI=1S/C27H19BrN2O2S/c28-19-11-8-18(9-12-19)25-22-13-10-17-5-1-2-7-21(17)24(22)29-27-30(25)26(32)23(33-27)15-16-4-3-6-20(31)14-16/h1-9,11-12,14-15,25,31H,10,13H2. The number of nitrogens with zero attached hydrogens (tertiary/aromatic N) is 2. The largest absolute Gasteiger partial charge is 0.508 e. The van der Waals surface area contributed by atoms with Gasteiger partial charge in [-0.2, -0.15) is 0 Å². The zero-order valence-electron chi connectivity index (χ0n) is 17.5. The number of allylic oxidation sites excluding steroid dienone is 1. The van der Waals surface area contributed by atoms with Gasteiger partial charge in [0.1, 0.15) is 5.75 Å². The minimum absolute atomic E-state index is 0.0552. The number of hydrogen-bond acceptors (Lipinski definition) is 4. The highest BCUT2D eigenvalue weighted by molar-refractivity contribution is 9.10. The lowest BCUT2D eigenvalue weighted by Gasteiger charge is -2.30. The van der Waals surface area contributed by atoms with Crippen molar-refractivity contribution in [2.24, 2.45) is 4.99 Å². The molecule has 6 heteroatoms. The molecule has 6 rings (SSSR count). The van der Waals surface area contributed by atoms with E-state index in [0.29, 0.717) is 9.33 Å². The maximum absolute atomic E-state index is 13.7. The molecule has 4 aromatic rings. The van der Waals surface area contributed by atoms with Crippen molar-refractivity contribution in [2.75, 3.05) is 0 Å². The van der Waals surface area contributed by atoms with Gasteiger partial charge in [0.25, 0.3) is 5.56 Å². The summed E-state index contributed by atoms with van der Waals surface area (Å²) in [6.45, 7) is 0. The summed E-state index contributed by atoms with van der Waals surface area (Å²) in [5, 5.41) is 9.84. The Labute approximate surface area is 202 Å². The Morgan fingerprint density at radius 3 is 2.67 bits per heavy atom. The summed E-state index contributed by atoms with van der Waals surface area (Å²) in [5.74, 6) is 0.177. The van der Waals surface area contributed by atoms with E-state index in [2.05, 4.69) is 52.3 Å². The molecule has 1 atom stereocenters. The van der Waals surface area contributed by atoms with E-state index in [0.717, 1.165) is 39.7 Å². The minimum Gasteiger partial charge on any atom is -0.508 e. The molecule has 162 valence electrons. The van der Waals surface area contributed by atoms with Crippen LogP contribution < -0.4 is 14.9 Å². The molecule has 2 heterocycles. The van der Waals surface area contributed by atoms with E-state index in [-0.39, 0.29) is 17.4 Å². The average Bonchev–Trinajstić information content (AvgIpc) is 3.13. The van der Waals surface area contributed by atoms with Gasteiger partial charge in [-0.1, -0.05) is 75.8 Å². The smallest absolute Gasteiger partial charge is 0.271 e. The molecule has 1 unspecified atom stereocenters. The van der Waals surface area contributed by atoms with Crippen LogP contribution in [0.15, 0.2) is 92.6 Å². The molecule has 1 aliphatic carbocycles. The first-order chi connectivity index (χ1) is 16.1. The second kappa shape index (κ2) is 7.97. The van der Waals surface area contributed by atoms with E-state index >= 15 is 0 Å². The highest BCUT2D eigenvalue weighted by atomic mass is 79.9. The molecule has 0 saturated heterocycles. The van der Waals surface area contributed by atoms with Crippen molar-refractivity contribution in [3.05, 3.63) is 125 Å². The molecule has 1 N–H and O–H groups in total. The first-order valence-electron chi connectivity index (χ1n) is 10.8. The fourth-order valence-corrected chi connectivity index (χ4v) is 6.00. The Kier molecular flexibility index (Phi) is 4.93. The molecule has 0 fully saturated rings. The molecule has 0 saturated carbocycles. The molecule has 3 aromatic carbocycles. The Bertz CT molecular complexity index is 1610. The quantitative estimate of drug-likeness (QED) is 0.418. The number of fused-ring (bicyclic) bond motifs is 3. The van der Waals surface area contributed by atoms with Crippen LogP contribution in [0.5, 0.6) is 5.75 Å². The maximum Gasteiger partial charge on any atom is 0.271 e. The van der Waals surface area contributed by atoms with Crippen molar-refractivity contribution in [2.45, 2.75) is 18.9 Å². The third-order valence-corrected chi connectivity index (χ3v) is 7.74. The molecule has 0 spiro atoms. The molecule has 33 heavy (non-hydrogen) atoms. The van der Waals surface area contributed by atoms with Gasteiger partial charge in [0.2, 0.25) is 0 Å². The summed E-state index contributed by atoms with van der Waals surface area (Å²) < 4.78 is 3.45. The molecule has 1 aliphatic heterocycles. The molecule has 2 aliphatic rings. The van der Waals surface area contributed by atoms with Crippen LogP contribution in [0.2, 0.25) is 0 Å². The SMILES string of the molecule is O=c1c(=Cc2cccc(O)c2)sc2n1C(c1ccc(Br)cc1)C1=C(N=2)c2ccccc2CC1. The monoisotopic (exact) mass is 514 g/mol. The van der Waals surface area contributed by atoms with E-state index in [1.807, 2.05) is 28.8 Å². The van der Waals surface area contributed by atoms with Crippen molar-refractivity contribution < 1.29 is 5.11 Å². The number of hydrogen-bond donors (Lipinski definition) is 1. The van der Waals surface area contributed by atoms with Crippen LogP contribution >= 0.6 is 27.3 Å². The lowest BCUT2D eigenvalue weighted by molar-refractivity contribution is 0.475. The Balaban J connectivity index is 1.63. The summed E-state index contributed by atoms with van der Waals surface area (Å²) in [6, 6.07) is 23.4. The number of rotatable bonds is 2. The number of phenols is 1. The summed E-state index contributed by atoms with van der Waals surface area (Å²) in [4.78, 5) is 19.4. The van der Waals surface area contributed by atoms with Gasteiger partial charge < -0.3 is 5.11 Å². The normalized spacial score (nSPS) is 17.2. The Morgan fingerprint density at radius 2 is 1.85 bits per heavy atom. The number of phenolic OH excluding ortho intramolecular Hbond substituents is 1. The second-order valence-electron chi connectivity index (χ2n) is 8.26. The maximum atomic E-state index is 13.7. The highest BCUT2D eigenvalue weighted by Gasteiger charge is 2.32. The van der Waals surface area contributed by atoms with Gasteiger partial charge in [0.15, 0.2) is 4.80 Å². The van der Waals surface area contributed by atoms with Crippen LogP contribution in [0.25, 0.3) is 11.8 Å². The predicted octanol–water partition coefficient (Wildman–Crippen LogP) is 4.79. The predicted molar refractivity (Wildman–Crippen MR) is 135 cm³/mol. The van der Waals surface area contributed by atoms with Gasteiger partial charge in [-0.25, -0.2) is 4.99 Å². The number of halogens is 1. The second-order valence-corrected chi connectivity index (χ2v) is 10.2. The molecule has 0 bridgehead atoms. The zero-order chi connectivity index (χ0) is 22.5. The molecular formula is C27H19BrN2O2S. The van der Waals surface area contributed by atoms with Crippen molar-refractivity contribution in [3.63, 3.8) is 0 Å². The third kappa shape index (κ3) is 3.50. The molecule has 0 amide bonds. The van der Waals surface area contributed by atoms with Crippen LogP contribution in [-0.4, -0.2) is 9.67 Å². The number of aromatic nitrogens is 1. The van der Waals surface area contributed by atoms with Gasteiger partial charge >= 0.3 is 0 Å². The van der Waals surface area contributed by atoms with Crippen LogP contribution in [-0.2, 0) is 6.42 Å². The molecule has 1 aromatic heterocycles. The highest BCUT2D eigenvalue weighted by Crippen LogP contribution is 2.41. The van der Waals surface area contributed by atoms with E-state index in [1.54, 1.807) is 18.2 Å². The zero-order valence-corrected chi connectivity index (χ0v) is 19.9. The number of thiazole rings is 1. The lowest BCUT2D eigenvalue weighted by Crippen LogP contribution is -2.38. The van der Waals surface area contributed by atoms with E-state index < -0.39 is 0 Å². The van der Waals surface area contributed by atoms with Crippen molar-refractivity contribution in [3.8, 4) is 5.75 Å². The van der Waals surface area contributed by atoms with Crippen LogP contribution in [0, 0.1) is 0 Å².